The molecule has 1 aromatic carbocycles. The van der Waals surface area contributed by atoms with Crippen molar-refractivity contribution < 1.29 is 4.79 Å². The molecule has 0 bridgehead atoms. The number of fused-ring (bicyclic) bond motifs is 1. The lowest BCUT2D eigenvalue weighted by molar-refractivity contribution is -0.132. The lowest BCUT2D eigenvalue weighted by Gasteiger charge is -2.38. The fraction of sp³-hybridized carbons (Fsp3) is 0.409. The van der Waals surface area contributed by atoms with E-state index in [0.29, 0.717) is 6.54 Å². The number of carbonyl (C=O) groups is 1. The Hall–Kier alpha value is -2.71. The van der Waals surface area contributed by atoms with E-state index >= 15 is 0 Å². The van der Waals surface area contributed by atoms with Gasteiger partial charge in [0.15, 0.2) is 5.13 Å². The van der Waals surface area contributed by atoms with Gasteiger partial charge in [0.2, 0.25) is 5.91 Å². The monoisotopic (exact) mass is 422 g/mol. The third-order valence-corrected chi connectivity index (χ3v) is 6.99. The largest absolute Gasteiger partial charge is 0.354 e. The highest BCUT2D eigenvalue weighted by molar-refractivity contribution is 7.22. The summed E-state index contributed by atoms with van der Waals surface area (Å²) in [7, 11) is 0. The van der Waals surface area contributed by atoms with E-state index in [9.17, 15) is 4.79 Å². The molecule has 2 aliphatic heterocycles. The second kappa shape index (κ2) is 8.57. The van der Waals surface area contributed by atoms with Crippen molar-refractivity contribution in [2.45, 2.75) is 0 Å². The van der Waals surface area contributed by atoms with Gasteiger partial charge in [0.1, 0.15) is 5.82 Å². The molecule has 2 aliphatic rings. The predicted molar refractivity (Wildman–Crippen MR) is 121 cm³/mol. The molecule has 2 fully saturated rings. The summed E-state index contributed by atoms with van der Waals surface area (Å²) in [6.45, 7) is 7.36. The molecule has 156 valence electrons. The number of pyridine rings is 1. The van der Waals surface area contributed by atoms with E-state index in [1.165, 1.54) is 4.70 Å². The van der Waals surface area contributed by atoms with Crippen LogP contribution in [0.4, 0.5) is 10.9 Å². The summed E-state index contributed by atoms with van der Waals surface area (Å²) in [5, 5.41) is 1.06. The molecule has 0 radical (unpaired) electrons. The molecule has 8 heteroatoms. The van der Waals surface area contributed by atoms with Crippen LogP contribution < -0.4 is 9.80 Å². The number of piperazine rings is 2. The zero-order valence-electron chi connectivity index (χ0n) is 17.0. The second-order valence-electron chi connectivity index (χ2n) is 7.78. The molecular weight excluding hydrogens is 396 g/mol. The highest BCUT2D eigenvalue weighted by atomic mass is 32.1. The fourth-order valence-corrected chi connectivity index (χ4v) is 5.13. The molecule has 2 saturated heterocycles. The van der Waals surface area contributed by atoms with Crippen LogP contribution in [0.25, 0.3) is 10.2 Å². The van der Waals surface area contributed by atoms with E-state index in [1.54, 1.807) is 11.3 Å². The Bertz CT molecular complexity index is 960. The minimum absolute atomic E-state index is 0.241. The van der Waals surface area contributed by atoms with Crippen molar-refractivity contribution in [3.63, 3.8) is 0 Å². The number of benzene rings is 1. The summed E-state index contributed by atoms with van der Waals surface area (Å²) in [6.07, 6.45) is 1.83. The summed E-state index contributed by atoms with van der Waals surface area (Å²) < 4.78 is 1.22. The Morgan fingerprint density at radius 1 is 0.867 bits per heavy atom. The zero-order chi connectivity index (χ0) is 20.3. The van der Waals surface area contributed by atoms with Gasteiger partial charge in [-0.2, -0.15) is 0 Å². The van der Waals surface area contributed by atoms with Gasteiger partial charge < -0.3 is 14.7 Å². The smallest absolute Gasteiger partial charge is 0.236 e. The number of thiazole rings is 1. The van der Waals surface area contributed by atoms with Gasteiger partial charge in [-0.1, -0.05) is 29.5 Å². The van der Waals surface area contributed by atoms with Crippen LogP contribution in [-0.4, -0.2) is 84.6 Å². The average Bonchev–Trinajstić information content (AvgIpc) is 3.25. The summed E-state index contributed by atoms with van der Waals surface area (Å²) in [6, 6.07) is 14.3. The van der Waals surface area contributed by atoms with E-state index < -0.39 is 0 Å². The van der Waals surface area contributed by atoms with Gasteiger partial charge in [0, 0.05) is 58.6 Å². The Balaban J connectivity index is 1.10. The van der Waals surface area contributed by atoms with E-state index in [1.807, 2.05) is 35.4 Å². The Labute approximate surface area is 180 Å². The van der Waals surface area contributed by atoms with Crippen LogP contribution in [0.2, 0.25) is 0 Å². The molecule has 0 N–H and O–H groups in total. The van der Waals surface area contributed by atoms with E-state index in [4.69, 9.17) is 4.98 Å². The molecule has 0 saturated carbocycles. The van der Waals surface area contributed by atoms with Crippen molar-refractivity contribution in [1.29, 1.82) is 0 Å². The molecule has 0 aliphatic carbocycles. The predicted octanol–water partition coefficient (Wildman–Crippen LogP) is 2.16. The minimum atomic E-state index is 0.241. The van der Waals surface area contributed by atoms with Gasteiger partial charge in [-0.15, -0.1) is 0 Å². The molecule has 7 nitrogen and oxygen atoms in total. The van der Waals surface area contributed by atoms with E-state index in [2.05, 4.69) is 37.9 Å². The molecule has 30 heavy (non-hydrogen) atoms. The summed E-state index contributed by atoms with van der Waals surface area (Å²) >= 11 is 1.73. The first-order valence-electron chi connectivity index (χ1n) is 10.5. The first kappa shape index (κ1) is 19.3. The first-order valence-corrected chi connectivity index (χ1v) is 11.3. The number of hydrogen-bond acceptors (Lipinski definition) is 7. The van der Waals surface area contributed by atoms with E-state index in [-0.39, 0.29) is 5.91 Å². The Morgan fingerprint density at radius 2 is 1.60 bits per heavy atom. The number of hydrogen-bond donors (Lipinski definition) is 0. The van der Waals surface area contributed by atoms with E-state index in [0.717, 1.165) is 68.8 Å². The maximum absolute atomic E-state index is 12.8. The number of amides is 1. The Morgan fingerprint density at radius 3 is 2.33 bits per heavy atom. The fourth-order valence-electron chi connectivity index (χ4n) is 4.11. The zero-order valence-corrected chi connectivity index (χ0v) is 17.8. The van der Waals surface area contributed by atoms with Gasteiger partial charge >= 0.3 is 0 Å². The second-order valence-corrected chi connectivity index (χ2v) is 8.79. The molecule has 1 amide bonds. The van der Waals surface area contributed by atoms with Crippen molar-refractivity contribution in [3.8, 4) is 0 Å². The van der Waals surface area contributed by atoms with Crippen LogP contribution in [0.3, 0.4) is 0 Å². The van der Waals surface area contributed by atoms with Crippen LogP contribution in [0.15, 0.2) is 48.7 Å². The van der Waals surface area contributed by atoms with Gasteiger partial charge in [-0.3, -0.25) is 9.69 Å². The number of para-hydroxylation sites is 1. The quantitative estimate of drug-likeness (QED) is 0.642. The third-order valence-electron chi connectivity index (χ3n) is 5.89. The summed E-state index contributed by atoms with van der Waals surface area (Å²) in [4.78, 5) is 30.9. The lowest BCUT2D eigenvalue weighted by Crippen LogP contribution is -2.54. The molecule has 0 atom stereocenters. The molecule has 2 aromatic heterocycles. The van der Waals surface area contributed by atoms with Crippen LogP contribution >= 0.6 is 11.3 Å². The van der Waals surface area contributed by atoms with Gasteiger partial charge in [-0.25, -0.2) is 9.97 Å². The van der Waals surface area contributed by atoms with Crippen molar-refractivity contribution in [2.24, 2.45) is 0 Å². The molecule has 3 aromatic rings. The summed E-state index contributed by atoms with van der Waals surface area (Å²) in [5.41, 5.74) is 1.06. The molecular formula is C22H26N6OS. The third kappa shape index (κ3) is 4.11. The van der Waals surface area contributed by atoms with Crippen molar-refractivity contribution in [2.75, 3.05) is 68.7 Å². The normalized spacial score (nSPS) is 18.2. The van der Waals surface area contributed by atoms with Crippen LogP contribution in [0.1, 0.15) is 0 Å². The maximum Gasteiger partial charge on any atom is 0.236 e. The van der Waals surface area contributed by atoms with Crippen molar-refractivity contribution in [3.05, 3.63) is 48.7 Å². The van der Waals surface area contributed by atoms with Gasteiger partial charge in [0.05, 0.1) is 16.8 Å². The highest BCUT2D eigenvalue weighted by Crippen LogP contribution is 2.29. The highest BCUT2D eigenvalue weighted by Gasteiger charge is 2.26. The number of rotatable bonds is 4. The molecule has 0 spiro atoms. The minimum Gasteiger partial charge on any atom is -0.354 e. The molecule has 0 unspecified atom stereocenters. The SMILES string of the molecule is O=C(CN1CCN(c2ccccn2)CC1)N1CCN(c2nc3ccccc3s2)CC1. The number of carbonyl (C=O) groups excluding carboxylic acids is 1. The number of anilines is 2. The Kier molecular flexibility index (Phi) is 5.50. The van der Waals surface area contributed by atoms with Crippen molar-refractivity contribution >= 4 is 38.4 Å². The lowest BCUT2D eigenvalue weighted by atomic mass is 10.2. The van der Waals surface area contributed by atoms with Gasteiger partial charge in [-0.05, 0) is 24.3 Å². The first-order chi connectivity index (χ1) is 14.8. The van der Waals surface area contributed by atoms with Crippen LogP contribution in [-0.2, 0) is 4.79 Å². The van der Waals surface area contributed by atoms with Crippen LogP contribution in [0.5, 0.6) is 0 Å². The maximum atomic E-state index is 12.8. The van der Waals surface area contributed by atoms with Crippen molar-refractivity contribution in [1.82, 2.24) is 19.8 Å². The summed E-state index contributed by atoms with van der Waals surface area (Å²) in [5.74, 6) is 1.26. The molecule has 4 heterocycles. The van der Waals surface area contributed by atoms with Gasteiger partial charge in [0.25, 0.3) is 0 Å². The average molecular weight is 423 g/mol. The number of aromatic nitrogens is 2. The van der Waals surface area contributed by atoms with Crippen LogP contribution in [0, 0.1) is 0 Å². The standard InChI is InChI=1S/C22H26N6OS/c29-21(17-25-9-11-26(12-10-25)20-7-3-4-8-23-20)27-13-15-28(16-14-27)22-24-18-5-1-2-6-19(18)30-22/h1-8H,9-17H2. The molecule has 5 rings (SSSR count). The number of nitrogens with zero attached hydrogens (tertiary/aromatic N) is 6. The topological polar surface area (TPSA) is 55.8 Å².